The maximum Gasteiger partial charge on any atom is 0.266 e. The number of hydrogen-bond acceptors (Lipinski definition) is 3. The van der Waals surface area contributed by atoms with Crippen LogP contribution in [0.25, 0.3) is 6.08 Å². The zero-order valence-corrected chi connectivity index (χ0v) is 11.6. The Morgan fingerprint density at radius 2 is 1.94 bits per heavy atom. The summed E-state index contributed by atoms with van der Waals surface area (Å²) >= 11 is 6.46. The quantitative estimate of drug-likeness (QED) is 0.612. The van der Waals surface area contributed by atoms with Crippen LogP contribution in [0.2, 0.25) is 0 Å². The van der Waals surface area contributed by atoms with Crippen molar-refractivity contribution in [1.29, 1.82) is 0 Å². The number of rotatable bonds is 2. The van der Waals surface area contributed by atoms with Gasteiger partial charge in [-0.25, -0.2) is 4.39 Å². The molecule has 0 atom stereocenters. The second-order valence-corrected chi connectivity index (χ2v) is 5.87. The minimum absolute atomic E-state index is 0.0524. The summed E-state index contributed by atoms with van der Waals surface area (Å²) in [7, 11) is 0. The van der Waals surface area contributed by atoms with Gasteiger partial charge < -0.3 is 0 Å². The molecule has 0 spiro atoms. The van der Waals surface area contributed by atoms with Crippen LogP contribution in [0.15, 0.2) is 29.2 Å². The molecule has 0 bridgehead atoms. The van der Waals surface area contributed by atoms with Crippen LogP contribution in [0.5, 0.6) is 0 Å². The van der Waals surface area contributed by atoms with Gasteiger partial charge in [-0.05, 0) is 37.6 Å². The number of halogens is 1. The van der Waals surface area contributed by atoms with Crippen molar-refractivity contribution in [3.63, 3.8) is 0 Å². The number of hydrogen-bond donors (Lipinski definition) is 0. The summed E-state index contributed by atoms with van der Waals surface area (Å²) in [5.41, 5.74) is 0.792. The van der Waals surface area contributed by atoms with Crippen molar-refractivity contribution < 1.29 is 9.18 Å². The van der Waals surface area contributed by atoms with Gasteiger partial charge in [-0.2, -0.15) is 0 Å². The van der Waals surface area contributed by atoms with Gasteiger partial charge >= 0.3 is 0 Å². The van der Waals surface area contributed by atoms with E-state index in [0.29, 0.717) is 9.23 Å². The lowest BCUT2D eigenvalue weighted by molar-refractivity contribution is -0.123. The highest BCUT2D eigenvalue weighted by atomic mass is 32.2. The molecule has 94 valence electrons. The van der Waals surface area contributed by atoms with Crippen LogP contribution in [0, 0.1) is 5.82 Å². The van der Waals surface area contributed by atoms with E-state index in [4.69, 9.17) is 12.2 Å². The summed E-state index contributed by atoms with van der Waals surface area (Å²) in [5.74, 6) is -0.369. The second-order valence-electron chi connectivity index (χ2n) is 4.20. The van der Waals surface area contributed by atoms with E-state index in [1.54, 1.807) is 23.1 Å². The van der Waals surface area contributed by atoms with E-state index < -0.39 is 0 Å². The molecule has 1 heterocycles. The van der Waals surface area contributed by atoms with Crippen LogP contribution in [0.3, 0.4) is 0 Å². The van der Waals surface area contributed by atoms with Gasteiger partial charge in [0.15, 0.2) is 0 Å². The van der Waals surface area contributed by atoms with Crippen LogP contribution >= 0.6 is 24.0 Å². The zero-order valence-electron chi connectivity index (χ0n) is 10.0. The molecule has 0 radical (unpaired) electrons. The molecule has 0 aliphatic carbocycles. The number of thiocarbonyl (C=S) groups is 1. The smallest absolute Gasteiger partial charge is 0.266 e. The molecule has 0 unspecified atom stereocenters. The first kappa shape index (κ1) is 13.2. The van der Waals surface area contributed by atoms with Gasteiger partial charge in [0.2, 0.25) is 0 Å². The Kier molecular flexibility index (Phi) is 3.82. The van der Waals surface area contributed by atoms with Crippen molar-refractivity contribution in [1.82, 2.24) is 4.90 Å². The summed E-state index contributed by atoms with van der Waals surface area (Å²) < 4.78 is 13.4. The molecule has 1 aliphatic rings. The lowest BCUT2D eigenvalue weighted by Crippen LogP contribution is -2.34. The first-order chi connectivity index (χ1) is 8.49. The number of benzene rings is 1. The van der Waals surface area contributed by atoms with E-state index in [2.05, 4.69) is 0 Å². The highest BCUT2D eigenvalue weighted by Crippen LogP contribution is 2.33. The maximum absolute atomic E-state index is 12.8. The van der Waals surface area contributed by atoms with E-state index in [-0.39, 0.29) is 17.8 Å². The van der Waals surface area contributed by atoms with E-state index in [9.17, 15) is 9.18 Å². The van der Waals surface area contributed by atoms with Gasteiger partial charge in [0, 0.05) is 6.04 Å². The number of thioether (sulfide) groups is 1. The molecule has 1 saturated heterocycles. The third kappa shape index (κ3) is 2.62. The predicted molar refractivity (Wildman–Crippen MR) is 76.5 cm³/mol. The molecule has 0 N–H and O–H groups in total. The highest BCUT2D eigenvalue weighted by Gasteiger charge is 2.33. The monoisotopic (exact) mass is 281 g/mol. The first-order valence-electron chi connectivity index (χ1n) is 5.51. The third-order valence-electron chi connectivity index (χ3n) is 2.51. The Balaban J connectivity index is 2.28. The molecule has 0 saturated carbocycles. The molecule has 2 nitrogen and oxygen atoms in total. The van der Waals surface area contributed by atoms with Crippen LogP contribution in [0.1, 0.15) is 19.4 Å². The van der Waals surface area contributed by atoms with Crippen LogP contribution in [0.4, 0.5) is 4.39 Å². The molecule has 2 rings (SSSR count). The molecule has 18 heavy (non-hydrogen) atoms. The van der Waals surface area contributed by atoms with Gasteiger partial charge in [-0.3, -0.25) is 9.69 Å². The molecule has 1 aromatic rings. The molecule has 1 aromatic carbocycles. The van der Waals surface area contributed by atoms with Crippen molar-refractivity contribution in [2.45, 2.75) is 19.9 Å². The molecule has 1 fully saturated rings. The average molecular weight is 281 g/mol. The van der Waals surface area contributed by atoms with Crippen LogP contribution in [-0.2, 0) is 4.79 Å². The summed E-state index contributed by atoms with van der Waals surface area (Å²) in [5, 5.41) is 0. The Bertz CT molecular complexity index is 522. The Labute approximate surface area is 115 Å². The summed E-state index contributed by atoms with van der Waals surface area (Å²) in [6.07, 6.45) is 1.74. The van der Waals surface area contributed by atoms with Crippen LogP contribution < -0.4 is 0 Å². The Hall–Kier alpha value is -1.20. The van der Waals surface area contributed by atoms with E-state index in [1.807, 2.05) is 13.8 Å². The third-order valence-corrected chi connectivity index (χ3v) is 3.84. The summed E-state index contributed by atoms with van der Waals surface area (Å²) in [6, 6.07) is 6.06. The topological polar surface area (TPSA) is 20.3 Å². The highest BCUT2D eigenvalue weighted by molar-refractivity contribution is 8.26. The fraction of sp³-hybridized carbons (Fsp3) is 0.231. The molecule has 5 heteroatoms. The lowest BCUT2D eigenvalue weighted by Gasteiger charge is -2.18. The van der Waals surface area contributed by atoms with Crippen molar-refractivity contribution in [3.8, 4) is 0 Å². The van der Waals surface area contributed by atoms with Crippen molar-refractivity contribution in [3.05, 3.63) is 40.6 Å². The summed E-state index contributed by atoms with van der Waals surface area (Å²) in [6.45, 7) is 3.84. The molecule has 1 aliphatic heterocycles. The lowest BCUT2D eigenvalue weighted by atomic mass is 10.2. The average Bonchev–Trinajstić information content (AvgIpc) is 2.57. The van der Waals surface area contributed by atoms with Crippen molar-refractivity contribution >= 4 is 40.3 Å². The van der Waals surface area contributed by atoms with E-state index in [1.165, 1.54) is 23.9 Å². The fourth-order valence-corrected chi connectivity index (χ4v) is 3.16. The minimum Gasteiger partial charge on any atom is -0.290 e. The van der Waals surface area contributed by atoms with E-state index >= 15 is 0 Å². The summed E-state index contributed by atoms with van der Waals surface area (Å²) in [4.78, 5) is 14.3. The standard InChI is InChI=1S/C13H12FNOS2/c1-8(2)15-12(16)11(18-13(15)17)7-9-3-5-10(14)6-4-9/h3-8H,1-2H3. The SMILES string of the molecule is CC(C)N1C(=O)C(=Cc2ccc(F)cc2)SC1=S. The van der Waals surface area contributed by atoms with Crippen LogP contribution in [-0.4, -0.2) is 21.2 Å². The van der Waals surface area contributed by atoms with Crippen molar-refractivity contribution in [2.75, 3.05) is 0 Å². The predicted octanol–water partition coefficient (Wildman–Crippen LogP) is 3.44. The second kappa shape index (κ2) is 5.20. The van der Waals surface area contributed by atoms with Gasteiger partial charge in [-0.15, -0.1) is 0 Å². The van der Waals surface area contributed by atoms with Gasteiger partial charge in [0.25, 0.3) is 5.91 Å². The number of amides is 1. The minimum atomic E-state index is -0.290. The fourth-order valence-electron chi connectivity index (χ4n) is 1.64. The van der Waals surface area contributed by atoms with Gasteiger partial charge in [-0.1, -0.05) is 36.1 Å². The first-order valence-corrected chi connectivity index (χ1v) is 6.74. The Morgan fingerprint density at radius 1 is 1.33 bits per heavy atom. The maximum atomic E-state index is 12.8. The largest absolute Gasteiger partial charge is 0.290 e. The number of carbonyl (C=O) groups is 1. The molecular formula is C13H12FNOS2. The molecule has 1 amide bonds. The van der Waals surface area contributed by atoms with Crippen molar-refractivity contribution in [2.24, 2.45) is 0 Å². The number of nitrogens with zero attached hydrogens (tertiary/aromatic N) is 1. The van der Waals surface area contributed by atoms with Gasteiger partial charge in [0.1, 0.15) is 10.1 Å². The normalized spacial score (nSPS) is 18.2. The molecule has 0 aromatic heterocycles. The van der Waals surface area contributed by atoms with E-state index in [0.717, 1.165) is 5.56 Å². The Morgan fingerprint density at radius 3 is 2.44 bits per heavy atom. The molecular weight excluding hydrogens is 269 g/mol. The number of carbonyl (C=O) groups excluding carboxylic acids is 1. The zero-order chi connectivity index (χ0) is 13.3. The van der Waals surface area contributed by atoms with Gasteiger partial charge in [0.05, 0.1) is 4.91 Å².